The van der Waals surface area contributed by atoms with Gasteiger partial charge in [0, 0.05) is 24.0 Å². The molecular formula is C22H25BrN2O4. The van der Waals surface area contributed by atoms with Gasteiger partial charge in [-0.2, -0.15) is 0 Å². The van der Waals surface area contributed by atoms with E-state index in [0.717, 1.165) is 29.7 Å². The Kier molecular flexibility index (Phi) is 8.07. The first-order valence-electron chi connectivity index (χ1n) is 9.79. The van der Waals surface area contributed by atoms with Crippen molar-refractivity contribution < 1.29 is 19.1 Å². The van der Waals surface area contributed by atoms with Crippen LogP contribution in [0.15, 0.2) is 53.0 Å². The lowest BCUT2D eigenvalue weighted by atomic mass is 10.1. The number of halogens is 1. The van der Waals surface area contributed by atoms with Gasteiger partial charge in [0.05, 0.1) is 24.0 Å². The molecule has 2 aromatic carbocycles. The second kappa shape index (κ2) is 11.0. The van der Waals surface area contributed by atoms with Crippen LogP contribution in [0.25, 0.3) is 0 Å². The predicted molar refractivity (Wildman–Crippen MR) is 115 cm³/mol. The molecule has 0 saturated carbocycles. The molecule has 29 heavy (non-hydrogen) atoms. The van der Waals surface area contributed by atoms with E-state index in [1.54, 1.807) is 24.3 Å². The van der Waals surface area contributed by atoms with Crippen molar-refractivity contribution in [2.75, 3.05) is 25.1 Å². The minimum absolute atomic E-state index is 0.0749. The fourth-order valence-corrected chi connectivity index (χ4v) is 3.47. The van der Waals surface area contributed by atoms with Gasteiger partial charge in [-0.15, -0.1) is 0 Å². The van der Waals surface area contributed by atoms with Crippen molar-refractivity contribution in [3.8, 4) is 5.75 Å². The summed E-state index contributed by atoms with van der Waals surface area (Å²) in [6, 6.07) is 14.6. The predicted octanol–water partition coefficient (Wildman–Crippen LogP) is 4.16. The van der Waals surface area contributed by atoms with Crippen LogP contribution in [-0.2, 0) is 9.53 Å². The van der Waals surface area contributed by atoms with Gasteiger partial charge in [0.25, 0.3) is 5.91 Å². The van der Waals surface area contributed by atoms with E-state index in [4.69, 9.17) is 9.47 Å². The number of ether oxygens (including phenoxy) is 2. The maximum Gasteiger partial charge on any atom is 0.253 e. The van der Waals surface area contributed by atoms with E-state index in [9.17, 15) is 9.59 Å². The van der Waals surface area contributed by atoms with Crippen molar-refractivity contribution in [1.29, 1.82) is 0 Å². The molecule has 2 amide bonds. The summed E-state index contributed by atoms with van der Waals surface area (Å²) in [6.45, 7) is 1.67. The molecule has 1 heterocycles. The molecule has 0 bridgehead atoms. The normalized spacial score (nSPS) is 15.7. The van der Waals surface area contributed by atoms with Gasteiger partial charge in [-0.05, 0) is 49.6 Å². The number of hydrogen-bond donors (Lipinski definition) is 2. The minimum atomic E-state index is -0.214. The monoisotopic (exact) mass is 460 g/mol. The Labute approximate surface area is 179 Å². The molecule has 1 saturated heterocycles. The van der Waals surface area contributed by atoms with Crippen LogP contribution in [0.1, 0.15) is 36.0 Å². The van der Waals surface area contributed by atoms with Crippen LogP contribution in [0.2, 0.25) is 0 Å². The van der Waals surface area contributed by atoms with Gasteiger partial charge < -0.3 is 20.1 Å². The van der Waals surface area contributed by atoms with Crippen LogP contribution in [-0.4, -0.2) is 37.7 Å². The molecule has 7 heteroatoms. The Morgan fingerprint density at radius 1 is 1.17 bits per heavy atom. The first-order valence-corrected chi connectivity index (χ1v) is 10.6. The zero-order valence-electron chi connectivity index (χ0n) is 16.2. The quantitative estimate of drug-likeness (QED) is 0.550. The standard InChI is InChI=1S/C22H25BrN2O4/c23-16-6-3-7-17(14-16)28-13-5-11-21(26)25-20-10-2-1-9-19(20)22(27)24-15-18-8-4-12-29-18/h1-3,6-7,9-10,14,18H,4-5,8,11-13,15H2,(H,24,27)(H,25,26). The number of rotatable bonds is 9. The lowest BCUT2D eigenvalue weighted by Gasteiger charge is -2.14. The number of carbonyl (C=O) groups excluding carboxylic acids is 2. The third-order valence-corrected chi connectivity index (χ3v) is 5.07. The van der Waals surface area contributed by atoms with Crippen LogP contribution in [0, 0.1) is 0 Å². The van der Waals surface area contributed by atoms with Crippen molar-refractivity contribution in [3.05, 3.63) is 58.6 Å². The van der Waals surface area contributed by atoms with E-state index in [2.05, 4.69) is 26.6 Å². The smallest absolute Gasteiger partial charge is 0.253 e. The lowest BCUT2D eigenvalue weighted by molar-refractivity contribution is -0.116. The highest BCUT2D eigenvalue weighted by Crippen LogP contribution is 2.19. The minimum Gasteiger partial charge on any atom is -0.494 e. The topological polar surface area (TPSA) is 76.7 Å². The van der Waals surface area contributed by atoms with Gasteiger partial charge in [0.2, 0.25) is 5.91 Å². The van der Waals surface area contributed by atoms with Crippen LogP contribution >= 0.6 is 15.9 Å². The fraction of sp³-hybridized carbons (Fsp3) is 0.364. The second-order valence-corrected chi connectivity index (χ2v) is 7.76. The van der Waals surface area contributed by atoms with Gasteiger partial charge in [-0.3, -0.25) is 9.59 Å². The first-order chi connectivity index (χ1) is 14.1. The van der Waals surface area contributed by atoms with E-state index in [1.165, 1.54) is 0 Å². The summed E-state index contributed by atoms with van der Waals surface area (Å²) >= 11 is 3.40. The van der Waals surface area contributed by atoms with Crippen LogP contribution in [0.5, 0.6) is 5.75 Å². The molecule has 0 aliphatic carbocycles. The Bertz CT molecular complexity index is 837. The summed E-state index contributed by atoms with van der Waals surface area (Å²) < 4.78 is 12.1. The Balaban J connectivity index is 1.45. The van der Waals surface area contributed by atoms with Crippen LogP contribution in [0.3, 0.4) is 0 Å². The average Bonchev–Trinajstić information content (AvgIpc) is 3.24. The van der Waals surface area contributed by atoms with E-state index >= 15 is 0 Å². The molecule has 2 aromatic rings. The lowest BCUT2D eigenvalue weighted by Crippen LogP contribution is -2.32. The molecule has 6 nitrogen and oxygen atoms in total. The molecule has 1 fully saturated rings. The van der Waals surface area contributed by atoms with E-state index in [-0.39, 0.29) is 17.9 Å². The zero-order chi connectivity index (χ0) is 20.5. The number of benzene rings is 2. The molecule has 0 aromatic heterocycles. The highest BCUT2D eigenvalue weighted by molar-refractivity contribution is 9.10. The molecule has 1 aliphatic heterocycles. The van der Waals surface area contributed by atoms with Crippen LogP contribution < -0.4 is 15.4 Å². The maximum absolute atomic E-state index is 12.5. The van der Waals surface area contributed by atoms with Crippen molar-refractivity contribution in [2.24, 2.45) is 0 Å². The van der Waals surface area contributed by atoms with Gasteiger partial charge in [0.1, 0.15) is 5.75 Å². The van der Waals surface area contributed by atoms with E-state index in [0.29, 0.717) is 37.2 Å². The highest BCUT2D eigenvalue weighted by atomic mass is 79.9. The SMILES string of the molecule is O=C(CCCOc1cccc(Br)c1)Nc1ccccc1C(=O)NCC1CCCO1. The molecule has 154 valence electrons. The summed E-state index contributed by atoms with van der Waals surface area (Å²) in [4.78, 5) is 24.8. The number of anilines is 1. The van der Waals surface area contributed by atoms with Gasteiger partial charge in [-0.1, -0.05) is 34.1 Å². The Morgan fingerprint density at radius 3 is 2.83 bits per heavy atom. The molecule has 0 radical (unpaired) electrons. The Morgan fingerprint density at radius 2 is 2.03 bits per heavy atom. The number of para-hydroxylation sites is 1. The molecule has 1 atom stereocenters. The van der Waals surface area contributed by atoms with Crippen LogP contribution in [0.4, 0.5) is 5.69 Å². The summed E-state index contributed by atoms with van der Waals surface area (Å²) in [7, 11) is 0. The molecule has 3 rings (SSSR count). The number of nitrogens with one attached hydrogen (secondary N) is 2. The van der Waals surface area contributed by atoms with Crippen molar-refractivity contribution in [1.82, 2.24) is 5.32 Å². The third kappa shape index (κ3) is 6.87. The number of amides is 2. The summed E-state index contributed by atoms with van der Waals surface area (Å²) in [5, 5.41) is 5.72. The zero-order valence-corrected chi connectivity index (χ0v) is 17.7. The number of carbonyl (C=O) groups is 2. The molecule has 1 aliphatic rings. The number of hydrogen-bond acceptors (Lipinski definition) is 4. The van der Waals surface area contributed by atoms with Gasteiger partial charge in [-0.25, -0.2) is 0 Å². The van der Waals surface area contributed by atoms with Gasteiger partial charge >= 0.3 is 0 Å². The van der Waals surface area contributed by atoms with E-state index in [1.807, 2.05) is 24.3 Å². The molecular weight excluding hydrogens is 436 g/mol. The average molecular weight is 461 g/mol. The van der Waals surface area contributed by atoms with Gasteiger partial charge in [0.15, 0.2) is 0 Å². The summed E-state index contributed by atoms with van der Waals surface area (Å²) in [6.07, 6.45) is 2.94. The molecule has 0 spiro atoms. The fourth-order valence-electron chi connectivity index (χ4n) is 3.09. The maximum atomic E-state index is 12.5. The summed E-state index contributed by atoms with van der Waals surface area (Å²) in [5.74, 6) is 0.393. The first kappa shape index (κ1) is 21.3. The van der Waals surface area contributed by atoms with Crippen molar-refractivity contribution in [3.63, 3.8) is 0 Å². The Hall–Kier alpha value is -2.38. The largest absolute Gasteiger partial charge is 0.494 e. The highest BCUT2D eigenvalue weighted by Gasteiger charge is 2.18. The van der Waals surface area contributed by atoms with E-state index < -0.39 is 0 Å². The van der Waals surface area contributed by atoms with Crippen molar-refractivity contribution in [2.45, 2.75) is 31.8 Å². The molecule has 1 unspecified atom stereocenters. The molecule has 2 N–H and O–H groups in total. The summed E-state index contributed by atoms with van der Waals surface area (Å²) in [5.41, 5.74) is 0.958. The third-order valence-electron chi connectivity index (χ3n) is 4.57. The second-order valence-electron chi connectivity index (χ2n) is 6.85. The van der Waals surface area contributed by atoms with Crippen molar-refractivity contribution >= 4 is 33.4 Å².